The van der Waals surface area contributed by atoms with Gasteiger partial charge in [-0.1, -0.05) is 18.2 Å². The van der Waals surface area contributed by atoms with Gasteiger partial charge in [0, 0.05) is 0 Å². The lowest BCUT2D eigenvalue weighted by Crippen LogP contribution is -2.11. The smallest absolute Gasteiger partial charge is 0.355 e. The van der Waals surface area contributed by atoms with Gasteiger partial charge >= 0.3 is 16.1 Å². The molecule has 2 aromatic carbocycles. The molecule has 0 unspecified atom stereocenters. The molecular formula is C19H18N2O6S. The second kappa shape index (κ2) is 7.73. The van der Waals surface area contributed by atoms with Crippen LogP contribution in [0.15, 0.2) is 36.4 Å². The van der Waals surface area contributed by atoms with Crippen molar-refractivity contribution >= 4 is 39.3 Å². The zero-order chi connectivity index (χ0) is 20.3. The number of nitrogens with zero attached hydrogens (tertiary/aromatic N) is 1. The van der Waals surface area contributed by atoms with Gasteiger partial charge in [-0.2, -0.15) is 8.42 Å². The number of H-pyrrole nitrogens is 1. The summed E-state index contributed by atoms with van der Waals surface area (Å²) in [7, 11) is -0.795. The molecule has 0 saturated heterocycles. The number of carbonyl (C=O) groups excluding carboxylic acids is 1. The molecule has 0 aliphatic rings. The van der Waals surface area contributed by atoms with Crippen molar-refractivity contribution in [2.75, 3.05) is 20.5 Å². The molecule has 0 spiro atoms. The second-order valence-corrected chi connectivity index (χ2v) is 7.42. The summed E-state index contributed by atoms with van der Waals surface area (Å²) in [4.78, 5) is 19.5. The lowest BCUT2D eigenvalue weighted by atomic mass is 10.2. The van der Waals surface area contributed by atoms with Crippen molar-refractivity contribution in [2.45, 2.75) is 0 Å². The highest BCUT2D eigenvalue weighted by Gasteiger charge is 2.18. The predicted octanol–water partition coefficient (Wildman–Crippen LogP) is 2.87. The lowest BCUT2D eigenvalue weighted by Gasteiger charge is -2.07. The maximum absolute atomic E-state index is 12.1. The Balaban J connectivity index is 1.92. The average Bonchev–Trinajstić information content (AvgIpc) is 3.07. The van der Waals surface area contributed by atoms with Crippen LogP contribution in [0.5, 0.6) is 11.5 Å². The second-order valence-electron chi connectivity index (χ2n) is 5.85. The van der Waals surface area contributed by atoms with Gasteiger partial charge in [-0.05, 0) is 35.9 Å². The Morgan fingerprint density at radius 2 is 1.82 bits per heavy atom. The summed E-state index contributed by atoms with van der Waals surface area (Å²) in [5.74, 6) is 0.733. The predicted molar refractivity (Wildman–Crippen MR) is 105 cm³/mol. The molecule has 146 valence electrons. The number of hydrogen-bond acceptors (Lipinski definition) is 7. The highest BCUT2D eigenvalue weighted by atomic mass is 32.2. The van der Waals surface area contributed by atoms with Crippen LogP contribution in [0.25, 0.3) is 23.2 Å². The number of aromatic nitrogens is 2. The molecule has 1 heterocycles. The van der Waals surface area contributed by atoms with E-state index in [4.69, 9.17) is 9.47 Å². The van der Waals surface area contributed by atoms with Crippen LogP contribution in [0, 0.1) is 0 Å². The molecule has 0 atom stereocenters. The summed E-state index contributed by atoms with van der Waals surface area (Å²) in [6.07, 6.45) is 4.36. The van der Waals surface area contributed by atoms with E-state index in [1.165, 1.54) is 6.07 Å². The van der Waals surface area contributed by atoms with E-state index >= 15 is 0 Å². The topological polar surface area (TPSA) is 108 Å². The minimum atomic E-state index is -3.92. The van der Waals surface area contributed by atoms with Crippen molar-refractivity contribution in [3.63, 3.8) is 0 Å². The van der Waals surface area contributed by atoms with Gasteiger partial charge in [0.05, 0.1) is 31.6 Å². The Morgan fingerprint density at radius 1 is 1.07 bits per heavy atom. The first-order chi connectivity index (χ1) is 13.3. The van der Waals surface area contributed by atoms with Crippen LogP contribution < -0.4 is 9.47 Å². The van der Waals surface area contributed by atoms with E-state index in [1.54, 1.807) is 38.5 Å². The third-order valence-corrected chi connectivity index (χ3v) is 4.27. The normalized spacial score (nSPS) is 11.7. The lowest BCUT2D eigenvalue weighted by molar-refractivity contribution is 0.0750. The van der Waals surface area contributed by atoms with Gasteiger partial charge < -0.3 is 18.6 Å². The van der Waals surface area contributed by atoms with E-state index in [0.29, 0.717) is 28.4 Å². The summed E-state index contributed by atoms with van der Waals surface area (Å²) in [5.41, 5.74) is 1.82. The summed E-state index contributed by atoms with van der Waals surface area (Å²) in [5, 5.41) is 0. The molecule has 0 amide bonds. The molecule has 0 bridgehead atoms. The van der Waals surface area contributed by atoms with Gasteiger partial charge in [0.15, 0.2) is 11.5 Å². The number of hydrogen-bond donors (Lipinski definition) is 1. The van der Waals surface area contributed by atoms with Crippen LogP contribution in [0.2, 0.25) is 0 Å². The molecule has 1 N–H and O–H groups in total. The molecule has 0 aliphatic carbocycles. The first kappa shape index (κ1) is 19.4. The third kappa shape index (κ3) is 4.32. The average molecular weight is 402 g/mol. The first-order valence-electron chi connectivity index (χ1n) is 8.13. The SMILES string of the molecule is COc1ccc(/C=C/c2nc3c(C(=O)OS(C)(=O)=O)cccc3[nH]2)cc1OC. The van der Waals surface area contributed by atoms with Crippen molar-refractivity contribution in [3.05, 3.63) is 53.3 Å². The fourth-order valence-corrected chi connectivity index (χ4v) is 2.97. The van der Waals surface area contributed by atoms with Gasteiger partial charge in [-0.3, -0.25) is 0 Å². The Morgan fingerprint density at radius 3 is 2.50 bits per heavy atom. The zero-order valence-corrected chi connectivity index (χ0v) is 16.2. The van der Waals surface area contributed by atoms with Gasteiger partial charge in [-0.15, -0.1) is 0 Å². The van der Waals surface area contributed by atoms with E-state index in [0.717, 1.165) is 11.8 Å². The molecule has 0 aliphatic heterocycles. The van der Waals surface area contributed by atoms with Crippen LogP contribution in [0.4, 0.5) is 0 Å². The third-order valence-electron chi connectivity index (χ3n) is 3.82. The highest BCUT2D eigenvalue weighted by molar-refractivity contribution is 7.86. The Bertz CT molecular complexity index is 1160. The van der Waals surface area contributed by atoms with Crippen LogP contribution in [0.3, 0.4) is 0 Å². The number of methoxy groups -OCH3 is 2. The van der Waals surface area contributed by atoms with Crippen LogP contribution in [0.1, 0.15) is 21.7 Å². The molecule has 9 heteroatoms. The number of rotatable bonds is 6. The maximum atomic E-state index is 12.1. The van der Waals surface area contributed by atoms with Crippen molar-refractivity contribution in [2.24, 2.45) is 0 Å². The molecule has 0 saturated carbocycles. The highest BCUT2D eigenvalue weighted by Crippen LogP contribution is 2.28. The van der Waals surface area contributed by atoms with Crippen LogP contribution in [-0.2, 0) is 14.3 Å². The van der Waals surface area contributed by atoms with E-state index in [-0.39, 0.29) is 5.56 Å². The minimum Gasteiger partial charge on any atom is -0.493 e. The monoisotopic (exact) mass is 402 g/mol. The quantitative estimate of drug-likeness (QED) is 0.632. The van der Waals surface area contributed by atoms with E-state index in [9.17, 15) is 13.2 Å². The van der Waals surface area contributed by atoms with E-state index in [2.05, 4.69) is 14.2 Å². The standard InChI is InChI=1S/C19H18N2O6S/c1-25-15-9-7-12(11-16(15)26-2)8-10-17-20-14-6-4-5-13(18(14)21-17)19(22)27-28(3,23)24/h4-11H,1-3H3,(H,20,21)/b10-8+. The fourth-order valence-electron chi connectivity index (χ4n) is 2.61. The van der Waals surface area contributed by atoms with Crippen molar-refractivity contribution in [3.8, 4) is 11.5 Å². The number of ether oxygens (including phenoxy) is 2. The zero-order valence-electron chi connectivity index (χ0n) is 15.4. The summed E-state index contributed by atoms with van der Waals surface area (Å²) in [6, 6.07) is 10.3. The van der Waals surface area contributed by atoms with Gasteiger partial charge in [-0.25, -0.2) is 9.78 Å². The van der Waals surface area contributed by atoms with Gasteiger partial charge in [0.1, 0.15) is 11.3 Å². The van der Waals surface area contributed by atoms with Crippen LogP contribution >= 0.6 is 0 Å². The summed E-state index contributed by atoms with van der Waals surface area (Å²) < 4.78 is 37.4. The summed E-state index contributed by atoms with van der Waals surface area (Å²) >= 11 is 0. The van der Waals surface area contributed by atoms with Crippen molar-refractivity contribution < 1.29 is 26.9 Å². The number of benzene rings is 2. The minimum absolute atomic E-state index is 0.0601. The van der Waals surface area contributed by atoms with Gasteiger partial charge in [0.2, 0.25) is 0 Å². The van der Waals surface area contributed by atoms with E-state index in [1.807, 2.05) is 18.2 Å². The largest absolute Gasteiger partial charge is 0.493 e. The number of imidazole rings is 1. The Kier molecular flexibility index (Phi) is 5.36. The number of aromatic amines is 1. The van der Waals surface area contributed by atoms with Gasteiger partial charge in [0.25, 0.3) is 0 Å². The van der Waals surface area contributed by atoms with E-state index < -0.39 is 16.1 Å². The molecule has 28 heavy (non-hydrogen) atoms. The molecule has 3 aromatic rings. The summed E-state index contributed by atoms with van der Waals surface area (Å²) in [6.45, 7) is 0. The Labute approximate surface area is 161 Å². The molecule has 0 fully saturated rings. The first-order valence-corrected chi connectivity index (χ1v) is 9.95. The van der Waals surface area contributed by atoms with Crippen molar-refractivity contribution in [1.82, 2.24) is 9.97 Å². The number of para-hydroxylation sites is 1. The number of nitrogens with one attached hydrogen (secondary N) is 1. The molecule has 3 rings (SSSR count). The molecular weight excluding hydrogens is 384 g/mol. The Hall–Kier alpha value is -3.33. The fraction of sp³-hybridized carbons (Fsp3) is 0.158. The van der Waals surface area contributed by atoms with Crippen LogP contribution in [-0.4, -0.2) is 44.8 Å². The maximum Gasteiger partial charge on any atom is 0.355 e. The van der Waals surface area contributed by atoms with Crippen molar-refractivity contribution in [1.29, 1.82) is 0 Å². The molecule has 8 nitrogen and oxygen atoms in total. The molecule has 1 aromatic heterocycles. The molecule has 0 radical (unpaired) electrons. The number of fused-ring (bicyclic) bond motifs is 1. The number of carbonyl (C=O) groups is 1.